The molecule has 1 saturated carbocycles. The zero-order valence-corrected chi connectivity index (χ0v) is 18.2. The molecule has 6 heteroatoms. The van der Waals surface area contributed by atoms with Crippen molar-refractivity contribution in [2.75, 3.05) is 26.8 Å². The Bertz CT molecular complexity index is 525. The molecule has 0 bridgehead atoms. The zero-order chi connectivity index (χ0) is 21.0. The summed E-state index contributed by atoms with van der Waals surface area (Å²) in [6.45, 7) is 10.3. The lowest BCUT2D eigenvalue weighted by molar-refractivity contribution is -0.265. The standard InChI is InChI=1S/C22H38O6/c1-6-9-14-25-16-27-20-18(4)11-13-22(19(5)23,21(20,24)12-8-3)28-17-26-15-10-7-2/h18,20,24H,6-7,9-11,13-17H2,1-5H3/t18?,20?,21?,22-/m0/s1. The molecule has 0 aliphatic heterocycles. The summed E-state index contributed by atoms with van der Waals surface area (Å²) in [5.41, 5.74) is -3.25. The molecule has 162 valence electrons. The first-order valence-corrected chi connectivity index (χ1v) is 10.5. The lowest BCUT2D eigenvalue weighted by Gasteiger charge is -2.51. The van der Waals surface area contributed by atoms with Gasteiger partial charge in [0.2, 0.25) is 0 Å². The number of ketones is 1. The van der Waals surface area contributed by atoms with Crippen LogP contribution in [0.5, 0.6) is 0 Å². The van der Waals surface area contributed by atoms with Gasteiger partial charge < -0.3 is 24.1 Å². The second-order valence-corrected chi connectivity index (χ2v) is 7.53. The third-order valence-electron chi connectivity index (χ3n) is 5.38. The van der Waals surface area contributed by atoms with E-state index < -0.39 is 17.3 Å². The minimum Gasteiger partial charge on any atom is -0.372 e. The second-order valence-electron chi connectivity index (χ2n) is 7.53. The molecule has 0 amide bonds. The van der Waals surface area contributed by atoms with E-state index in [1.54, 1.807) is 6.92 Å². The molecule has 0 saturated heterocycles. The van der Waals surface area contributed by atoms with Crippen LogP contribution < -0.4 is 0 Å². The van der Waals surface area contributed by atoms with E-state index in [4.69, 9.17) is 18.9 Å². The predicted octanol–water partition coefficient (Wildman–Crippen LogP) is 3.45. The Balaban J connectivity index is 3.01. The Morgan fingerprint density at radius 1 is 1.14 bits per heavy atom. The van der Waals surface area contributed by atoms with Crippen molar-refractivity contribution in [3.63, 3.8) is 0 Å². The van der Waals surface area contributed by atoms with E-state index in [0.717, 1.165) is 25.7 Å². The number of rotatable bonds is 13. The van der Waals surface area contributed by atoms with Gasteiger partial charge in [-0.1, -0.05) is 39.5 Å². The monoisotopic (exact) mass is 398 g/mol. The van der Waals surface area contributed by atoms with E-state index >= 15 is 0 Å². The van der Waals surface area contributed by atoms with Crippen LogP contribution >= 0.6 is 0 Å². The van der Waals surface area contributed by atoms with Gasteiger partial charge in [0.1, 0.15) is 19.7 Å². The van der Waals surface area contributed by atoms with Crippen LogP contribution in [0.2, 0.25) is 0 Å². The van der Waals surface area contributed by atoms with Crippen molar-refractivity contribution in [3.05, 3.63) is 0 Å². The van der Waals surface area contributed by atoms with Gasteiger partial charge >= 0.3 is 0 Å². The summed E-state index contributed by atoms with van der Waals surface area (Å²) in [4.78, 5) is 12.7. The summed E-state index contributed by atoms with van der Waals surface area (Å²) in [5.74, 6) is 5.33. The minimum absolute atomic E-state index is 0.00212. The Hall–Kier alpha value is -0.970. The molecular weight excluding hydrogens is 360 g/mol. The normalized spacial score (nSPS) is 29.9. The van der Waals surface area contributed by atoms with Crippen molar-refractivity contribution in [2.45, 2.75) is 90.4 Å². The van der Waals surface area contributed by atoms with E-state index in [-0.39, 0.29) is 25.3 Å². The average Bonchev–Trinajstić information content (AvgIpc) is 2.65. The third-order valence-corrected chi connectivity index (χ3v) is 5.38. The van der Waals surface area contributed by atoms with E-state index in [0.29, 0.717) is 26.1 Å². The fourth-order valence-electron chi connectivity index (χ4n) is 3.66. The maximum absolute atomic E-state index is 12.7. The van der Waals surface area contributed by atoms with Crippen LogP contribution in [0.15, 0.2) is 0 Å². The van der Waals surface area contributed by atoms with E-state index in [2.05, 4.69) is 25.7 Å². The minimum atomic E-state index is -1.77. The number of carbonyl (C=O) groups is 1. The molecule has 1 N–H and O–H groups in total. The van der Waals surface area contributed by atoms with Crippen LogP contribution in [0.25, 0.3) is 0 Å². The predicted molar refractivity (Wildman–Crippen MR) is 108 cm³/mol. The van der Waals surface area contributed by atoms with Crippen LogP contribution in [-0.4, -0.2) is 55.0 Å². The molecule has 1 aliphatic rings. The first-order chi connectivity index (χ1) is 13.4. The summed E-state index contributed by atoms with van der Waals surface area (Å²) in [5, 5.41) is 11.6. The molecule has 6 nitrogen and oxygen atoms in total. The SMILES string of the molecule is CC#CC1(O)C(OCOCCCC)C(C)CC[C@]1(OCOCCCC)C(C)=O. The highest BCUT2D eigenvalue weighted by Crippen LogP contribution is 2.45. The molecule has 1 rings (SSSR count). The first kappa shape index (κ1) is 25.1. The van der Waals surface area contributed by atoms with Gasteiger partial charge in [0.25, 0.3) is 0 Å². The van der Waals surface area contributed by atoms with Gasteiger partial charge in [0.05, 0.1) is 0 Å². The lowest BCUT2D eigenvalue weighted by Crippen LogP contribution is -2.70. The maximum Gasteiger partial charge on any atom is 0.188 e. The second kappa shape index (κ2) is 12.6. The van der Waals surface area contributed by atoms with Gasteiger partial charge in [-0.2, -0.15) is 0 Å². The number of Topliss-reactive ketones (excluding diaryl/α,β-unsaturated/α-hetero) is 1. The summed E-state index contributed by atoms with van der Waals surface area (Å²) < 4.78 is 22.9. The fourth-order valence-corrected chi connectivity index (χ4v) is 3.66. The van der Waals surface area contributed by atoms with Crippen molar-refractivity contribution < 1.29 is 28.8 Å². The topological polar surface area (TPSA) is 74.2 Å². The highest BCUT2D eigenvalue weighted by atomic mass is 16.7. The van der Waals surface area contributed by atoms with Crippen LogP contribution in [-0.2, 0) is 23.7 Å². The van der Waals surface area contributed by atoms with Crippen molar-refractivity contribution in [1.29, 1.82) is 0 Å². The molecule has 0 aromatic rings. The third kappa shape index (κ3) is 6.01. The molecule has 1 fully saturated rings. The van der Waals surface area contributed by atoms with Gasteiger partial charge in [-0.25, -0.2) is 0 Å². The van der Waals surface area contributed by atoms with Crippen LogP contribution in [0.3, 0.4) is 0 Å². The molecule has 0 radical (unpaired) electrons. The van der Waals surface area contributed by atoms with Crippen molar-refractivity contribution >= 4 is 5.78 Å². The molecule has 1 aliphatic carbocycles. The van der Waals surface area contributed by atoms with Crippen LogP contribution in [0, 0.1) is 17.8 Å². The van der Waals surface area contributed by atoms with Crippen molar-refractivity contribution in [1.82, 2.24) is 0 Å². The lowest BCUT2D eigenvalue weighted by atomic mass is 9.64. The summed E-state index contributed by atoms with van der Waals surface area (Å²) in [7, 11) is 0. The number of aliphatic hydroxyl groups is 1. The highest BCUT2D eigenvalue weighted by molar-refractivity contribution is 5.88. The van der Waals surface area contributed by atoms with Gasteiger partial charge in [0, 0.05) is 13.2 Å². The quantitative estimate of drug-likeness (QED) is 0.291. The Kier molecular flexibility index (Phi) is 11.2. The highest BCUT2D eigenvalue weighted by Gasteiger charge is 2.63. The molecule has 3 unspecified atom stereocenters. The van der Waals surface area contributed by atoms with Gasteiger partial charge in [-0.05, 0) is 45.4 Å². The maximum atomic E-state index is 12.7. The Labute approximate surface area is 170 Å². The fraction of sp³-hybridized carbons (Fsp3) is 0.864. The van der Waals surface area contributed by atoms with Gasteiger partial charge in [-0.3, -0.25) is 4.79 Å². The zero-order valence-electron chi connectivity index (χ0n) is 18.2. The number of hydrogen-bond donors (Lipinski definition) is 1. The molecule has 0 heterocycles. The van der Waals surface area contributed by atoms with Crippen LogP contribution in [0.4, 0.5) is 0 Å². The molecule has 0 aromatic heterocycles. The van der Waals surface area contributed by atoms with E-state index in [1.807, 2.05) is 6.92 Å². The molecule has 4 atom stereocenters. The summed E-state index contributed by atoms with van der Waals surface area (Å²) in [6.07, 6.45) is 4.23. The Morgan fingerprint density at radius 2 is 1.75 bits per heavy atom. The molecule has 28 heavy (non-hydrogen) atoms. The average molecular weight is 399 g/mol. The number of hydrogen-bond acceptors (Lipinski definition) is 6. The van der Waals surface area contributed by atoms with Crippen LogP contribution in [0.1, 0.15) is 73.1 Å². The Morgan fingerprint density at radius 3 is 2.29 bits per heavy atom. The number of carbonyl (C=O) groups excluding carboxylic acids is 1. The molecular formula is C22H38O6. The van der Waals surface area contributed by atoms with Gasteiger partial charge in [0.15, 0.2) is 17.0 Å². The number of unbranched alkanes of at least 4 members (excludes halogenated alkanes) is 2. The van der Waals surface area contributed by atoms with Crippen molar-refractivity contribution in [2.24, 2.45) is 5.92 Å². The smallest absolute Gasteiger partial charge is 0.188 e. The largest absolute Gasteiger partial charge is 0.372 e. The summed E-state index contributed by atoms with van der Waals surface area (Å²) >= 11 is 0. The van der Waals surface area contributed by atoms with Crippen molar-refractivity contribution in [3.8, 4) is 11.8 Å². The van der Waals surface area contributed by atoms with Gasteiger partial charge in [-0.15, -0.1) is 5.92 Å². The molecule has 0 aromatic carbocycles. The molecule has 0 spiro atoms. The van der Waals surface area contributed by atoms with E-state index in [1.165, 1.54) is 6.92 Å². The summed E-state index contributed by atoms with van der Waals surface area (Å²) in [6, 6.07) is 0. The van der Waals surface area contributed by atoms with E-state index in [9.17, 15) is 9.90 Å². The first-order valence-electron chi connectivity index (χ1n) is 10.5. The number of ether oxygens (including phenoxy) is 4.